The van der Waals surface area contributed by atoms with Gasteiger partial charge in [0, 0.05) is 6.42 Å². The van der Waals surface area contributed by atoms with E-state index >= 15 is 0 Å². The van der Waals surface area contributed by atoms with Crippen molar-refractivity contribution in [3.63, 3.8) is 0 Å². The molecule has 0 aromatic rings. The van der Waals surface area contributed by atoms with Gasteiger partial charge in [0.25, 0.3) is 0 Å². The molecule has 1 atom stereocenters. The molecule has 17 heavy (non-hydrogen) atoms. The van der Waals surface area contributed by atoms with E-state index in [0.29, 0.717) is 0 Å². The van der Waals surface area contributed by atoms with Gasteiger partial charge in [-0.3, -0.25) is 9.59 Å². The van der Waals surface area contributed by atoms with Crippen molar-refractivity contribution in [2.24, 2.45) is 5.73 Å². The highest BCUT2D eigenvalue weighted by atomic mass is 19.4. The molecule has 0 saturated heterocycles. The second-order valence-electron chi connectivity index (χ2n) is 3.26. The summed E-state index contributed by atoms with van der Waals surface area (Å²) < 4.78 is 35.4. The van der Waals surface area contributed by atoms with E-state index < -0.39 is 36.4 Å². The van der Waals surface area contributed by atoms with Crippen molar-refractivity contribution < 1.29 is 32.7 Å². The first kappa shape index (κ1) is 15.2. The second kappa shape index (κ2) is 6.06. The van der Waals surface area contributed by atoms with Crippen LogP contribution in [-0.4, -0.2) is 35.1 Å². The molecule has 0 bridgehead atoms. The number of rotatable bonds is 6. The van der Waals surface area contributed by atoms with Crippen molar-refractivity contribution in [3.05, 3.63) is 0 Å². The fourth-order valence-electron chi connectivity index (χ4n) is 0.971. The highest BCUT2D eigenvalue weighted by Gasteiger charge is 2.32. The minimum atomic E-state index is -4.71. The zero-order valence-electron chi connectivity index (χ0n) is 8.58. The smallest absolute Gasteiger partial charge is 0.397 e. The number of primary amides is 1. The lowest BCUT2D eigenvalue weighted by Crippen LogP contribution is -2.42. The van der Waals surface area contributed by atoms with E-state index in [1.807, 2.05) is 0 Å². The van der Waals surface area contributed by atoms with Crippen molar-refractivity contribution in [1.82, 2.24) is 5.32 Å². The maximum Gasteiger partial charge on any atom is 0.397 e. The van der Waals surface area contributed by atoms with Gasteiger partial charge in [-0.2, -0.15) is 13.2 Å². The highest BCUT2D eigenvalue weighted by Crippen LogP contribution is 2.19. The molecule has 2 amide bonds. The van der Waals surface area contributed by atoms with E-state index in [2.05, 4.69) is 0 Å². The minimum absolute atomic E-state index is 0.344. The molecule has 0 spiro atoms. The lowest BCUT2D eigenvalue weighted by Gasteiger charge is -2.14. The maximum atomic E-state index is 11.8. The van der Waals surface area contributed by atoms with Crippen molar-refractivity contribution in [2.45, 2.75) is 31.5 Å². The zero-order chi connectivity index (χ0) is 13.6. The average molecular weight is 256 g/mol. The summed E-state index contributed by atoms with van der Waals surface area (Å²) in [5.74, 6) is -3.79. The Morgan fingerprint density at radius 1 is 1.29 bits per heavy atom. The number of carbonyl (C=O) groups is 3. The molecule has 0 radical (unpaired) electrons. The van der Waals surface area contributed by atoms with Gasteiger partial charge in [-0.15, -0.1) is 0 Å². The first-order valence-corrected chi connectivity index (χ1v) is 4.49. The Morgan fingerprint density at radius 2 is 1.82 bits per heavy atom. The largest absolute Gasteiger partial charge is 0.480 e. The highest BCUT2D eigenvalue weighted by molar-refractivity contribution is 5.84. The lowest BCUT2D eigenvalue weighted by molar-refractivity contribution is -0.157. The molecule has 0 aromatic heterocycles. The van der Waals surface area contributed by atoms with Gasteiger partial charge < -0.3 is 16.2 Å². The van der Waals surface area contributed by atoms with Gasteiger partial charge in [-0.25, -0.2) is 4.79 Å². The molecule has 0 aliphatic heterocycles. The van der Waals surface area contributed by atoms with E-state index in [4.69, 9.17) is 10.8 Å². The monoisotopic (exact) mass is 256 g/mol. The van der Waals surface area contributed by atoms with Crippen LogP contribution in [0.15, 0.2) is 0 Å². The van der Waals surface area contributed by atoms with Crippen LogP contribution in [0.4, 0.5) is 13.2 Å². The van der Waals surface area contributed by atoms with Crippen LogP contribution in [0.5, 0.6) is 0 Å². The molecule has 9 heteroatoms. The number of nitrogens with two attached hydrogens (primary N) is 1. The van der Waals surface area contributed by atoms with Crippen molar-refractivity contribution in [1.29, 1.82) is 0 Å². The van der Waals surface area contributed by atoms with E-state index in [1.54, 1.807) is 5.32 Å². The van der Waals surface area contributed by atoms with Gasteiger partial charge >= 0.3 is 12.1 Å². The summed E-state index contributed by atoms with van der Waals surface area (Å²) in [6, 6.07) is -1.56. The average Bonchev–Trinajstić information content (AvgIpc) is 2.08. The number of amides is 2. The minimum Gasteiger partial charge on any atom is -0.480 e. The van der Waals surface area contributed by atoms with Crippen LogP contribution in [0, 0.1) is 0 Å². The predicted octanol–water partition coefficient (Wildman–Crippen LogP) is -0.226. The molecular formula is C8H11F3N2O4. The van der Waals surface area contributed by atoms with Crippen LogP contribution in [0.3, 0.4) is 0 Å². The van der Waals surface area contributed by atoms with Gasteiger partial charge in [0.05, 0.1) is 0 Å². The summed E-state index contributed by atoms with van der Waals surface area (Å²) in [6.07, 6.45) is -7.18. The number of nitrogens with one attached hydrogen (secondary N) is 1. The fraction of sp³-hybridized carbons (Fsp3) is 0.625. The number of carboxylic acids is 1. The molecule has 0 saturated carbocycles. The molecule has 0 aliphatic rings. The first-order chi connectivity index (χ1) is 7.61. The number of halogens is 3. The number of hydrogen-bond acceptors (Lipinski definition) is 3. The third kappa shape index (κ3) is 8.05. The number of hydrogen-bond donors (Lipinski definition) is 3. The molecular weight excluding hydrogens is 245 g/mol. The van der Waals surface area contributed by atoms with Crippen LogP contribution in [0.2, 0.25) is 0 Å². The van der Waals surface area contributed by atoms with Crippen LogP contribution in [0.25, 0.3) is 0 Å². The molecule has 4 N–H and O–H groups in total. The Hall–Kier alpha value is -1.80. The number of carbonyl (C=O) groups excluding carboxylic acids is 2. The van der Waals surface area contributed by atoms with Gasteiger partial charge in [-0.1, -0.05) is 0 Å². The molecule has 0 rings (SSSR count). The Balaban J connectivity index is 4.30. The maximum absolute atomic E-state index is 11.8. The van der Waals surface area contributed by atoms with E-state index in [1.165, 1.54) is 0 Å². The molecule has 0 heterocycles. The van der Waals surface area contributed by atoms with Crippen LogP contribution in [0.1, 0.15) is 19.3 Å². The number of carboxylic acid groups (broad SMARTS) is 1. The van der Waals surface area contributed by atoms with Gasteiger partial charge in [0.2, 0.25) is 11.8 Å². The van der Waals surface area contributed by atoms with Gasteiger partial charge in [0.15, 0.2) is 0 Å². The molecule has 0 aliphatic carbocycles. The molecule has 98 valence electrons. The van der Waals surface area contributed by atoms with Crippen LogP contribution < -0.4 is 11.1 Å². The summed E-state index contributed by atoms with van der Waals surface area (Å²) in [7, 11) is 0. The van der Waals surface area contributed by atoms with Crippen LogP contribution >= 0.6 is 0 Å². The van der Waals surface area contributed by atoms with Crippen molar-refractivity contribution in [2.75, 3.05) is 0 Å². The molecule has 0 aromatic carbocycles. The van der Waals surface area contributed by atoms with Crippen molar-refractivity contribution >= 4 is 17.8 Å². The first-order valence-electron chi connectivity index (χ1n) is 4.49. The summed E-state index contributed by atoms with van der Waals surface area (Å²) >= 11 is 0. The third-order valence-electron chi connectivity index (χ3n) is 1.67. The Bertz CT molecular complexity index is 316. The molecule has 1 unspecified atom stereocenters. The van der Waals surface area contributed by atoms with Gasteiger partial charge in [-0.05, 0) is 6.42 Å². The Morgan fingerprint density at radius 3 is 2.18 bits per heavy atom. The quantitative estimate of drug-likeness (QED) is 0.609. The predicted molar refractivity (Wildman–Crippen MR) is 48.7 cm³/mol. The van der Waals surface area contributed by atoms with Crippen LogP contribution in [-0.2, 0) is 14.4 Å². The summed E-state index contributed by atoms with van der Waals surface area (Å²) in [4.78, 5) is 31.8. The number of alkyl halides is 3. The lowest BCUT2D eigenvalue weighted by atomic mass is 10.1. The Kier molecular flexibility index (Phi) is 5.42. The zero-order valence-corrected chi connectivity index (χ0v) is 8.58. The summed E-state index contributed by atoms with van der Waals surface area (Å²) in [6.45, 7) is 0. The standard InChI is InChI=1S/C8H11F3N2O4/c9-8(10,11)3-6(15)13-4(7(16)17)1-2-5(12)14/h4H,1-3H2,(H2,12,14)(H,13,15)(H,16,17). The fourth-order valence-corrected chi connectivity index (χ4v) is 0.971. The molecule has 6 nitrogen and oxygen atoms in total. The van der Waals surface area contributed by atoms with E-state index in [-0.39, 0.29) is 12.8 Å². The van der Waals surface area contributed by atoms with E-state index in [0.717, 1.165) is 0 Å². The summed E-state index contributed by atoms with van der Waals surface area (Å²) in [5, 5.41) is 10.2. The van der Waals surface area contributed by atoms with E-state index in [9.17, 15) is 27.6 Å². The molecule has 0 fully saturated rings. The SMILES string of the molecule is NC(=O)CCC(NC(=O)CC(F)(F)F)C(=O)O. The third-order valence-corrected chi connectivity index (χ3v) is 1.67. The Labute approximate surface area is 94.0 Å². The normalized spacial score (nSPS) is 12.9. The second-order valence-corrected chi connectivity index (χ2v) is 3.26. The topological polar surface area (TPSA) is 109 Å². The van der Waals surface area contributed by atoms with Crippen molar-refractivity contribution in [3.8, 4) is 0 Å². The summed E-state index contributed by atoms with van der Waals surface area (Å²) in [5.41, 5.74) is 4.75. The number of aliphatic carboxylic acids is 1. The van der Waals surface area contributed by atoms with Gasteiger partial charge in [0.1, 0.15) is 12.5 Å².